The Hall–Kier alpha value is -2.38. The van der Waals surface area contributed by atoms with Crippen molar-refractivity contribution < 1.29 is 9.47 Å². The lowest BCUT2D eigenvalue weighted by Gasteiger charge is -2.28. The van der Waals surface area contributed by atoms with Crippen molar-refractivity contribution in [1.29, 1.82) is 0 Å². The van der Waals surface area contributed by atoms with Gasteiger partial charge in [0.2, 0.25) is 0 Å². The number of ether oxygens (including phenoxy) is 2. The van der Waals surface area contributed by atoms with Crippen molar-refractivity contribution in [2.75, 3.05) is 31.2 Å². The maximum Gasteiger partial charge on any atom is 0.133 e. The van der Waals surface area contributed by atoms with Crippen LogP contribution in [0.1, 0.15) is 16.7 Å². The SMILES string of the molecule is Cc1ccc(COc2ccc(C=Nc3ccc(N4CCOCC4)cc3)cc2I)cc1. The number of aliphatic imine (C=N–C) groups is 1. The lowest BCUT2D eigenvalue weighted by atomic mass is 10.2. The third-order valence-corrected chi connectivity index (χ3v) is 5.90. The van der Waals surface area contributed by atoms with Crippen LogP contribution in [-0.2, 0) is 11.3 Å². The molecule has 0 atom stereocenters. The van der Waals surface area contributed by atoms with Gasteiger partial charge in [-0.25, -0.2) is 0 Å². The standard InChI is InChI=1S/C25H25IN2O2/c1-19-2-4-20(5-3-19)18-30-25-11-6-21(16-24(25)26)17-27-22-7-9-23(10-8-22)28-12-14-29-15-13-28/h2-11,16-17H,12-15,18H2,1H3. The fraction of sp³-hybridized carbons (Fsp3) is 0.240. The first-order valence-corrected chi connectivity index (χ1v) is 11.2. The summed E-state index contributed by atoms with van der Waals surface area (Å²) in [4.78, 5) is 6.96. The van der Waals surface area contributed by atoms with Gasteiger partial charge in [0.15, 0.2) is 0 Å². The van der Waals surface area contributed by atoms with Crippen molar-refractivity contribution in [3.05, 3.63) is 87.0 Å². The molecule has 1 heterocycles. The van der Waals surface area contributed by atoms with Gasteiger partial charge in [0.1, 0.15) is 12.4 Å². The molecule has 154 valence electrons. The first-order chi connectivity index (χ1) is 14.7. The maximum atomic E-state index is 5.99. The Morgan fingerprint density at radius 3 is 2.43 bits per heavy atom. The first kappa shape index (κ1) is 20.9. The molecule has 0 bridgehead atoms. The van der Waals surface area contributed by atoms with Crippen LogP contribution in [0.5, 0.6) is 5.75 Å². The lowest BCUT2D eigenvalue weighted by molar-refractivity contribution is 0.122. The Bertz CT molecular complexity index is 995. The van der Waals surface area contributed by atoms with E-state index in [1.54, 1.807) is 0 Å². The second-order valence-corrected chi connectivity index (χ2v) is 8.50. The molecule has 3 aromatic carbocycles. The predicted molar refractivity (Wildman–Crippen MR) is 131 cm³/mol. The summed E-state index contributed by atoms with van der Waals surface area (Å²) in [6.45, 7) is 6.14. The average Bonchev–Trinajstić information content (AvgIpc) is 2.79. The van der Waals surface area contributed by atoms with Gasteiger partial charge in [-0.05, 0) is 83.1 Å². The zero-order chi connectivity index (χ0) is 20.8. The second-order valence-electron chi connectivity index (χ2n) is 7.34. The summed E-state index contributed by atoms with van der Waals surface area (Å²) < 4.78 is 12.5. The van der Waals surface area contributed by atoms with Gasteiger partial charge in [-0.15, -0.1) is 0 Å². The molecular formula is C25H25IN2O2. The Balaban J connectivity index is 1.36. The van der Waals surface area contributed by atoms with Crippen LogP contribution in [0, 0.1) is 10.5 Å². The normalized spacial score (nSPS) is 14.3. The smallest absolute Gasteiger partial charge is 0.133 e. The molecule has 0 radical (unpaired) electrons. The van der Waals surface area contributed by atoms with Gasteiger partial charge in [-0.3, -0.25) is 4.99 Å². The zero-order valence-corrected chi connectivity index (χ0v) is 19.2. The van der Waals surface area contributed by atoms with Gasteiger partial charge in [0.25, 0.3) is 0 Å². The summed E-state index contributed by atoms with van der Waals surface area (Å²) in [6, 6.07) is 23.0. The monoisotopic (exact) mass is 512 g/mol. The molecule has 0 unspecified atom stereocenters. The largest absolute Gasteiger partial charge is 0.488 e. The minimum absolute atomic E-state index is 0.569. The van der Waals surface area contributed by atoms with Crippen LogP contribution >= 0.6 is 22.6 Å². The molecule has 30 heavy (non-hydrogen) atoms. The number of benzene rings is 3. The van der Waals surface area contributed by atoms with E-state index in [-0.39, 0.29) is 0 Å². The Labute approximate surface area is 191 Å². The van der Waals surface area contributed by atoms with Crippen molar-refractivity contribution in [3.63, 3.8) is 0 Å². The topological polar surface area (TPSA) is 34.1 Å². The number of aryl methyl sites for hydroxylation is 1. The number of hydrogen-bond acceptors (Lipinski definition) is 4. The van der Waals surface area contributed by atoms with Gasteiger partial charge in [0, 0.05) is 25.0 Å². The van der Waals surface area contributed by atoms with Crippen molar-refractivity contribution in [1.82, 2.24) is 0 Å². The lowest BCUT2D eigenvalue weighted by Crippen LogP contribution is -2.36. The van der Waals surface area contributed by atoms with Crippen LogP contribution < -0.4 is 9.64 Å². The van der Waals surface area contributed by atoms with E-state index in [4.69, 9.17) is 9.47 Å². The quantitative estimate of drug-likeness (QED) is 0.311. The first-order valence-electron chi connectivity index (χ1n) is 10.1. The molecule has 0 spiro atoms. The number of anilines is 1. The molecule has 4 nitrogen and oxygen atoms in total. The van der Waals surface area contributed by atoms with Crippen LogP contribution in [0.25, 0.3) is 0 Å². The molecule has 5 heteroatoms. The van der Waals surface area contributed by atoms with Crippen LogP contribution in [0.3, 0.4) is 0 Å². The molecule has 1 aliphatic heterocycles. The summed E-state index contributed by atoms with van der Waals surface area (Å²) in [5, 5.41) is 0. The van der Waals surface area contributed by atoms with Gasteiger partial charge < -0.3 is 14.4 Å². The second kappa shape index (κ2) is 10.1. The van der Waals surface area contributed by atoms with Crippen LogP contribution in [0.15, 0.2) is 71.7 Å². The highest BCUT2D eigenvalue weighted by atomic mass is 127. The molecule has 4 rings (SSSR count). The molecular weight excluding hydrogens is 487 g/mol. The van der Waals surface area contributed by atoms with Gasteiger partial charge in [-0.2, -0.15) is 0 Å². The Kier molecular flexibility index (Phi) is 7.02. The maximum absolute atomic E-state index is 5.99. The summed E-state index contributed by atoms with van der Waals surface area (Å²) in [6.07, 6.45) is 1.90. The third kappa shape index (κ3) is 5.61. The van der Waals surface area contributed by atoms with E-state index in [2.05, 4.69) is 94.0 Å². The third-order valence-electron chi connectivity index (χ3n) is 5.06. The fourth-order valence-corrected chi connectivity index (χ4v) is 3.98. The number of halogens is 1. The van der Waals surface area contributed by atoms with E-state index in [0.717, 1.165) is 46.9 Å². The highest BCUT2D eigenvalue weighted by Crippen LogP contribution is 2.24. The van der Waals surface area contributed by atoms with Crippen LogP contribution in [0.2, 0.25) is 0 Å². The fourth-order valence-electron chi connectivity index (χ4n) is 3.28. The number of nitrogens with zero attached hydrogens (tertiary/aromatic N) is 2. The molecule has 3 aromatic rings. The number of morpholine rings is 1. The molecule has 1 fully saturated rings. The molecule has 0 aromatic heterocycles. The van der Waals surface area contributed by atoms with Crippen LogP contribution in [0.4, 0.5) is 11.4 Å². The van der Waals surface area contributed by atoms with Crippen LogP contribution in [-0.4, -0.2) is 32.5 Å². The Morgan fingerprint density at radius 1 is 1.00 bits per heavy atom. The molecule has 0 amide bonds. The van der Waals surface area contributed by atoms with Crippen molar-refractivity contribution in [3.8, 4) is 5.75 Å². The van der Waals surface area contributed by atoms with E-state index in [1.165, 1.54) is 16.8 Å². The van der Waals surface area contributed by atoms with Gasteiger partial charge >= 0.3 is 0 Å². The zero-order valence-electron chi connectivity index (χ0n) is 17.1. The molecule has 1 saturated heterocycles. The van der Waals surface area contributed by atoms with Gasteiger partial charge in [-0.1, -0.05) is 29.8 Å². The van der Waals surface area contributed by atoms with E-state index in [1.807, 2.05) is 18.3 Å². The van der Waals surface area contributed by atoms with Crippen molar-refractivity contribution in [2.24, 2.45) is 4.99 Å². The van der Waals surface area contributed by atoms with E-state index in [9.17, 15) is 0 Å². The van der Waals surface area contributed by atoms with Gasteiger partial charge in [0.05, 0.1) is 22.5 Å². The van der Waals surface area contributed by atoms with Crippen molar-refractivity contribution in [2.45, 2.75) is 13.5 Å². The summed E-state index contributed by atoms with van der Waals surface area (Å²) >= 11 is 2.32. The summed E-state index contributed by atoms with van der Waals surface area (Å²) in [5.41, 5.74) is 5.65. The Morgan fingerprint density at radius 2 is 1.73 bits per heavy atom. The van der Waals surface area contributed by atoms with E-state index in [0.29, 0.717) is 6.61 Å². The van der Waals surface area contributed by atoms with Crippen molar-refractivity contribution >= 4 is 40.2 Å². The summed E-state index contributed by atoms with van der Waals surface area (Å²) in [5.74, 6) is 0.892. The summed E-state index contributed by atoms with van der Waals surface area (Å²) in [7, 11) is 0. The number of rotatable bonds is 6. The molecule has 1 aliphatic rings. The molecule has 0 N–H and O–H groups in total. The number of hydrogen-bond donors (Lipinski definition) is 0. The van der Waals surface area contributed by atoms with E-state index < -0.39 is 0 Å². The molecule has 0 saturated carbocycles. The van der Waals surface area contributed by atoms with E-state index >= 15 is 0 Å². The highest BCUT2D eigenvalue weighted by molar-refractivity contribution is 14.1. The minimum Gasteiger partial charge on any atom is -0.488 e. The average molecular weight is 512 g/mol. The highest BCUT2D eigenvalue weighted by Gasteiger charge is 2.10. The minimum atomic E-state index is 0.569. The predicted octanol–water partition coefficient (Wildman–Crippen LogP) is 5.77. The molecule has 0 aliphatic carbocycles.